The molecule has 1 aliphatic rings. The largest absolute Gasteiger partial charge is 0.467 e. The predicted molar refractivity (Wildman–Crippen MR) is 72.4 cm³/mol. The molecule has 0 aromatic heterocycles. The summed E-state index contributed by atoms with van der Waals surface area (Å²) in [7, 11) is 1.47. The molecule has 3 heteroatoms. The number of methoxy groups -OCH3 is 1. The van der Waals surface area contributed by atoms with Gasteiger partial charge in [-0.15, -0.1) is 0 Å². The van der Waals surface area contributed by atoms with E-state index in [0.717, 1.165) is 31.4 Å². The quantitative estimate of drug-likeness (QED) is 0.833. The van der Waals surface area contributed by atoms with Crippen molar-refractivity contribution < 1.29 is 9.53 Å². The minimum absolute atomic E-state index is 0.141. The number of esters is 1. The molecule has 1 saturated carbocycles. The van der Waals surface area contributed by atoms with Crippen molar-refractivity contribution >= 4 is 11.7 Å². The van der Waals surface area contributed by atoms with Crippen LogP contribution in [0.4, 0.5) is 5.69 Å². The average Bonchev–Trinajstić information content (AvgIpc) is 2.42. The lowest BCUT2D eigenvalue weighted by molar-refractivity contribution is -0.147. The number of nitrogens with one attached hydrogen (secondary N) is 1. The Hall–Kier alpha value is -1.51. The van der Waals surface area contributed by atoms with Gasteiger partial charge in [-0.25, -0.2) is 4.79 Å². The van der Waals surface area contributed by atoms with Gasteiger partial charge >= 0.3 is 5.97 Å². The van der Waals surface area contributed by atoms with Crippen LogP contribution in [0.1, 0.15) is 32.6 Å². The van der Waals surface area contributed by atoms with Crippen molar-refractivity contribution in [3.05, 3.63) is 30.3 Å². The Morgan fingerprint density at radius 1 is 1.28 bits per heavy atom. The van der Waals surface area contributed by atoms with E-state index < -0.39 is 5.54 Å². The lowest BCUT2D eigenvalue weighted by atomic mass is 9.77. The van der Waals surface area contributed by atoms with Gasteiger partial charge in [0.15, 0.2) is 0 Å². The van der Waals surface area contributed by atoms with E-state index >= 15 is 0 Å². The van der Waals surface area contributed by atoms with Crippen LogP contribution in [0.3, 0.4) is 0 Å². The molecule has 0 heterocycles. The molecule has 0 amide bonds. The number of rotatable bonds is 3. The molecule has 0 bridgehead atoms. The van der Waals surface area contributed by atoms with Crippen molar-refractivity contribution in [3.63, 3.8) is 0 Å². The molecule has 0 saturated heterocycles. The summed E-state index contributed by atoms with van der Waals surface area (Å²) >= 11 is 0. The molecule has 1 aromatic carbocycles. The lowest BCUT2D eigenvalue weighted by Gasteiger charge is -2.38. The molecule has 2 rings (SSSR count). The summed E-state index contributed by atoms with van der Waals surface area (Å²) in [5, 5.41) is 3.39. The molecule has 0 spiro atoms. The number of para-hydroxylation sites is 1. The zero-order chi connectivity index (χ0) is 13.0. The number of hydrogen-bond acceptors (Lipinski definition) is 3. The topological polar surface area (TPSA) is 38.3 Å². The van der Waals surface area contributed by atoms with Gasteiger partial charge in [-0.3, -0.25) is 0 Å². The highest BCUT2D eigenvalue weighted by Gasteiger charge is 2.42. The molecule has 0 unspecified atom stereocenters. The maximum atomic E-state index is 12.1. The summed E-state index contributed by atoms with van der Waals surface area (Å²) in [5.41, 5.74) is 0.445. The minimum Gasteiger partial charge on any atom is -0.467 e. The first-order valence-electron chi connectivity index (χ1n) is 6.58. The zero-order valence-electron chi connectivity index (χ0n) is 11.1. The van der Waals surface area contributed by atoms with Crippen LogP contribution >= 0.6 is 0 Å². The van der Waals surface area contributed by atoms with Crippen LogP contribution in [0, 0.1) is 5.92 Å². The van der Waals surface area contributed by atoms with Crippen LogP contribution in [-0.2, 0) is 9.53 Å². The molecule has 0 aliphatic heterocycles. The Kier molecular flexibility index (Phi) is 3.90. The summed E-state index contributed by atoms with van der Waals surface area (Å²) < 4.78 is 5.00. The second-order valence-electron chi connectivity index (χ2n) is 5.25. The van der Waals surface area contributed by atoms with E-state index in [1.165, 1.54) is 7.11 Å². The summed E-state index contributed by atoms with van der Waals surface area (Å²) in [6.45, 7) is 2.24. The van der Waals surface area contributed by atoms with Crippen LogP contribution in [-0.4, -0.2) is 18.6 Å². The normalized spacial score (nSPS) is 27.6. The third-order valence-electron chi connectivity index (χ3n) is 3.86. The average molecular weight is 247 g/mol. The Morgan fingerprint density at radius 2 is 1.89 bits per heavy atom. The third-order valence-corrected chi connectivity index (χ3v) is 3.86. The standard InChI is InChI=1S/C15H21NO2/c1-12-8-10-15(11-9-12,14(17)18-2)16-13-6-4-3-5-7-13/h3-7,12,16H,8-11H2,1-2H3. The Balaban J connectivity index is 2.18. The summed E-state index contributed by atoms with van der Waals surface area (Å²) in [5.74, 6) is 0.554. The van der Waals surface area contributed by atoms with E-state index in [1.807, 2.05) is 30.3 Å². The fourth-order valence-corrected chi connectivity index (χ4v) is 2.63. The van der Waals surface area contributed by atoms with Crippen molar-refractivity contribution in [1.82, 2.24) is 0 Å². The highest BCUT2D eigenvalue weighted by Crippen LogP contribution is 2.35. The lowest BCUT2D eigenvalue weighted by Crippen LogP contribution is -2.49. The van der Waals surface area contributed by atoms with E-state index in [0.29, 0.717) is 5.92 Å². The maximum absolute atomic E-state index is 12.1. The van der Waals surface area contributed by atoms with E-state index in [4.69, 9.17) is 4.74 Å². The smallest absolute Gasteiger partial charge is 0.331 e. The van der Waals surface area contributed by atoms with E-state index in [-0.39, 0.29) is 5.97 Å². The van der Waals surface area contributed by atoms with Crippen LogP contribution in [0.2, 0.25) is 0 Å². The monoisotopic (exact) mass is 247 g/mol. The maximum Gasteiger partial charge on any atom is 0.331 e. The molecule has 1 fully saturated rings. The molecule has 98 valence electrons. The molecule has 1 aliphatic carbocycles. The van der Waals surface area contributed by atoms with Gasteiger partial charge in [0.1, 0.15) is 5.54 Å². The molecule has 0 radical (unpaired) electrons. The number of carbonyl (C=O) groups is 1. The second-order valence-corrected chi connectivity index (χ2v) is 5.25. The van der Waals surface area contributed by atoms with Crippen molar-refractivity contribution in [3.8, 4) is 0 Å². The molecule has 1 N–H and O–H groups in total. The van der Waals surface area contributed by atoms with E-state index in [1.54, 1.807) is 0 Å². The fraction of sp³-hybridized carbons (Fsp3) is 0.533. The van der Waals surface area contributed by atoms with Gasteiger partial charge in [-0.1, -0.05) is 25.1 Å². The molecule has 18 heavy (non-hydrogen) atoms. The fourth-order valence-electron chi connectivity index (χ4n) is 2.63. The van der Waals surface area contributed by atoms with Crippen molar-refractivity contribution in [2.45, 2.75) is 38.1 Å². The predicted octanol–water partition coefficient (Wildman–Crippen LogP) is 3.22. The number of ether oxygens (including phenoxy) is 1. The van der Waals surface area contributed by atoms with E-state index in [9.17, 15) is 4.79 Å². The van der Waals surface area contributed by atoms with Gasteiger partial charge in [0, 0.05) is 5.69 Å². The molecular weight excluding hydrogens is 226 g/mol. The van der Waals surface area contributed by atoms with Crippen molar-refractivity contribution in [1.29, 1.82) is 0 Å². The number of anilines is 1. The SMILES string of the molecule is COC(=O)C1(Nc2ccccc2)CCC(C)CC1. The molecular formula is C15H21NO2. The van der Waals surface area contributed by atoms with Gasteiger partial charge in [0.05, 0.1) is 7.11 Å². The Labute approximate surface area is 109 Å². The Morgan fingerprint density at radius 3 is 2.44 bits per heavy atom. The van der Waals surface area contributed by atoms with Crippen LogP contribution in [0.25, 0.3) is 0 Å². The third kappa shape index (κ3) is 2.66. The van der Waals surface area contributed by atoms with Gasteiger partial charge in [0.25, 0.3) is 0 Å². The second kappa shape index (κ2) is 5.42. The molecule has 3 nitrogen and oxygen atoms in total. The summed E-state index contributed by atoms with van der Waals surface area (Å²) in [6.07, 6.45) is 3.81. The highest BCUT2D eigenvalue weighted by molar-refractivity contribution is 5.84. The van der Waals surface area contributed by atoms with Gasteiger partial charge < -0.3 is 10.1 Å². The van der Waals surface area contributed by atoms with Crippen LogP contribution in [0.5, 0.6) is 0 Å². The van der Waals surface area contributed by atoms with Gasteiger partial charge in [-0.05, 0) is 43.7 Å². The Bertz CT molecular complexity index is 394. The van der Waals surface area contributed by atoms with Crippen molar-refractivity contribution in [2.75, 3.05) is 12.4 Å². The van der Waals surface area contributed by atoms with Crippen LogP contribution < -0.4 is 5.32 Å². The molecule has 1 aromatic rings. The van der Waals surface area contributed by atoms with Gasteiger partial charge in [-0.2, -0.15) is 0 Å². The summed E-state index contributed by atoms with van der Waals surface area (Å²) in [4.78, 5) is 12.1. The number of carbonyl (C=O) groups excluding carboxylic acids is 1. The first-order valence-corrected chi connectivity index (χ1v) is 6.58. The number of benzene rings is 1. The summed E-state index contributed by atoms with van der Waals surface area (Å²) in [6, 6.07) is 9.89. The zero-order valence-corrected chi connectivity index (χ0v) is 11.1. The van der Waals surface area contributed by atoms with E-state index in [2.05, 4.69) is 12.2 Å². The highest BCUT2D eigenvalue weighted by atomic mass is 16.5. The number of hydrogen-bond donors (Lipinski definition) is 1. The first kappa shape index (κ1) is 12.9. The molecule has 0 atom stereocenters. The van der Waals surface area contributed by atoms with Gasteiger partial charge in [0.2, 0.25) is 0 Å². The van der Waals surface area contributed by atoms with Crippen molar-refractivity contribution in [2.24, 2.45) is 5.92 Å². The minimum atomic E-state index is -0.539. The van der Waals surface area contributed by atoms with Crippen LogP contribution in [0.15, 0.2) is 30.3 Å². The first-order chi connectivity index (χ1) is 8.66.